The van der Waals surface area contributed by atoms with Crippen molar-refractivity contribution in [1.29, 1.82) is 5.26 Å². The zero-order valence-electron chi connectivity index (χ0n) is 15.8. The van der Waals surface area contributed by atoms with Crippen LogP contribution in [0, 0.1) is 29.1 Å². The Labute approximate surface area is 159 Å². The van der Waals surface area contributed by atoms with Gasteiger partial charge in [0.15, 0.2) is 0 Å². The molecule has 27 heavy (non-hydrogen) atoms. The molecule has 2 aliphatic heterocycles. The summed E-state index contributed by atoms with van der Waals surface area (Å²) in [6.45, 7) is 2.83. The lowest BCUT2D eigenvalue weighted by atomic mass is 9.76. The zero-order chi connectivity index (χ0) is 19.2. The monoisotopic (exact) mass is 367 g/mol. The summed E-state index contributed by atoms with van der Waals surface area (Å²) in [5.41, 5.74) is 1.99. The number of fused-ring (bicyclic) bond motifs is 1. The van der Waals surface area contributed by atoms with Crippen molar-refractivity contribution < 1.29 is 14.3 Å². The highest BCUT2D eigenvalue weighted by atomic mass is 16.5. The lowest BCUT2D eigenvalue weighted by Gasteiger charge is -2.39. The molecule has 0 unspecified atom stereocenters. The molecule has 1 aromatic carbocycles. The SMILES string of the molecule is COc1ccc2c(c1)CCCN1C(=O)C[C@H]3[C@H](C(=O)NCC#N)[C@@H](C)C[C@]231. The molecule has 0 radical (unpaired) electrons. The minimum absolute atomic E-state index is 0.00716. The van der Waals surface area contributed by atoms with Gasteiger partial charge < -0.3 is 15.0 Å². The lowest BCUT2D eigenvalue weighted by molar-refractivity contribution is -0.131. The van der Waals surface area contributed by atoms with E-state index in [1.54, 1.807) is 7.11 Å². The first-order valence-corrected chi connectivity index (χ1v) is 9.65. The summed E-state index contributed by atoms with van der Waals surface area (Å²) in [6.07, 6.45) is 3.01. The third kappa shape index (κ3) is 2.52. The second-order valence-electron chi connectivity index (χ2n) is 7.99. The predicted molar refractivity (Wildman–Crippen MR) is 98.7 cm³/mol. The molecule has 0 bridgehead atoms. The van der Waals surface area contributed by atoms with Crippen LogP contribution in [-0.4, -0.2) is 36.9 Å². The first-order chi connectivity index (χ1) is 13.0. The van der Waals surface area contributed by atoms with Crippen LogP contribution in [0.25, 0.3) is 0 Å². The maximum absolute atomic E-state index is 12.9. The highest BCUT2D eigenvalue weighted by Crippen LogP contribution is 2.60. The number of amides is 2. The van der Waals surface area contributed by atoms with Crippen molar-refractivity contribution in [3.8, 4) is 11.8 Å². The van der Waals surface area contributed by atoms with Gasteiger partial charge in [-0.05, 0) is 48.4 Å². The Kier molecular flexibility index (Phi) is 4.33. The molecule has 2 amide bonds. The summed E-state index contributed by atoms with van der Waals surface area (Å²) >= 11 is 0. The van der Waals surface area contributed by atoms with Crippen molar-refractivity contribution in [2.75, 3.05) is 20.2 Å². The van der Waals surface area contributed by atoms with E-state index in [1.807, 2.05) is 17.0 Å². The van der Waals surface area contributed by atoms with Crippen LogP contribution in [0.15, 0.2) is 18.2 Å². The fraction of sp³-hybridized carbons (Fsp3) is 0.571. The summed E-state index contributed by atoms with van der Waals surface area (Å²) < 4.78 is 5.41. The van der Waals surface area contributed by atoms with E-state index in [0.717, 1.165) is 31.6 Å². The van der Waals surface area contributed by atoms with E-state index in [-0.39, 0.29) is 36.1 Å². The number of ether oxygens (including phenoxy) is 1. The van der Waals surface area contributed by atoms with Gasteiger partial charge in [0.25, 0.3) is 0 Å². The Morgan fingerprint density at radius 1 is 1.48 bits per heavy atom. The Morgan fingerprint density at radius 3 is 3.04 bits per heavy atom. The quantitative estimate of drug-likeness (QED) is 0.828. The molecule has 0 aromatic heterocycles. The Morgan fingerprint density at radius 2 is 2.30 bits per heavy atom. The standard InChI is InChI=1S/C21H25N3O3/c1-13-12-21-16-6-5-15(27-2)10-14(16)4-3-9-24(21)18(25)11-17(21)19(13)20(26)23-8-7-22/h5-6,10,13,17,19H,3-4,8-9,11-12H2,1-2H3,(H,23,26)/t13-,17-,19+,21-/m0/s1. The molecule has 6 nitrogen and oxygen atoms in total. The predicted octanol–water partition coefficient (Wildman–Crippen LogP) is 1.98. The van der Waals surface area contributed by atoms with Crippen LogP contribution in [0.2, 0.25) is 0 Å². The number of carbonyl (C=O) groups excluding carboxylic acids is 2. The van der Waals surface area contributed by atoms with Crippen molar-refractivity contribution in [3.63, 3.8) is 0 Å². The third-order valence-electron chi connectivity index (χ3n) is 6.72. The maximum atomic E-state index is 12.9. The molecule has 2 fully saturated rings. The summed E-state index contributed by atoms with van der Waals surface area (Å²) in [4.78, 5) is 27.8. The molecule has 6 heteroatoms. The fourth-order valence-corrected chi connectivity index (χ4v) is 5.81. The number of carbonyl (C=O) groups is 2. The number of hydrogen-bond donors (Lipinski definition) is 1. The number of nitriles is 1. The van der Waals surface area contributed by atoms with Crippen molar-refractivity contribution >= 4 is 11.8 Å². The van der Waals surface area contributed by atoms with Gasteiger partial charge in [0.05, 0.1) is 18.7 Å². The number of nitrogens with zero attached hydrogens (tertiary/aromatic N) is 2. The lowest BCUT2D eigenvalue weighted by Crippen LogP contribution is -2.45. The second-order valence-corrected chi connectivity index (χ2v) is 7.99. The molecule has 1 saturated heterocycles. The molecule has 4 rings (SSSR count). The molecule has 1 aromatic rings. The average Bonchev–Trinajstić information content (AvgIpc) is 3.01. The number of methoxy groups -OCH3 is 1. The van der Waals surface area contributed by atoms with E-state index in [2.05, 4.69) is 24.4 Å². The summed E-state index contributed by atoms with van der Waals surface area (Å²) in [5.74, 6) is 0.726. The number of rotatable bonds is 3. The molecule has 1 aliphatic carbocycles. The van der Waals surface area contributed by atoms with E-state index in [0.29, 0.717) is 6.42 Å². The van der Waals surface area contributed by atoms with Crippen LogP contribution in [0.1, 0.15) is 37.3 Å². The van der Waals surface area contributed by atoms with Gasteiger partial charge in [-0.25, -0.2) is 0 Å². The van der Waals surface area contributed by atoms with Gasteiger partial charge in [0.2, 0.25) is 11.8 Å². The summed E-state index contributed by atoms with van der Waals surface area (Å²) in [5, 5.41) is 11.5. The maximum Gasteiger partial charge on any atom is 0.224 e. The van der Waals surface area contributed by atoms with Crippen molar-refractivity contribution in [3.05, 3.63) is 29.3 Å². The smallest absolute Gasteiger partial charge is 0.224 e. The van der Waals surface area contributed by atoms with E-state index < -0.39 is 5.54 Å². The number of benzene rings is 1. The molecule has 142 valence electrons. The topological polar surface area (TPSA) is 82.4 Å². The fourth-order valence-electron chi connectivity index (χ4n) is 5.81. The van der Waals surface area contributed by atoms with Crippen LogP contribution in [0.5, 0.6) is 5.75 Å². The largest absolute Gasteiger partial charge is 0.497 e. The van der Waals surface area contributed by atoms with Gasteiger partial charge >= 0.3 is 0 Å². The Bertz CT molecular complexity index is 830. The zero-order valence-corrected chi connectivity index (χ0v) is 15.8. The first-order valence-electron chi connectivity index (χ1n) is 9.65. The van der Waals surface area contributed by atoms with Gasteiger partial charge in [-0.2, -0.15) is 5.26 Å². The van der Waals surface area contributed by atoms with E-state index in [1.165, 1.54) is 11.1 Å². The number of nitrogens with one attached hydrogen (secondary N) is 1. The minimum Gasteiger partial charge on any atom is -0.497 e. The first kappa shape index (κ1) is 17.8. The van der Waals surface area contributed by atoms with Crippen molar-refractivity contribution in [2.45, 2.75) is 38.1 Å². The molecule has 2 heterocycles. The van der Waals surface area contributed by atoms with Crippen LogP contribution >= 0.6 is 0 Å². The molecule has 1 saturated carbocycles. The second kappa shape index (κ2) is 6.56. The molecule has 4 atom stereocenters. The van der Waals surface area contributed by atoms with Crippen LogP contribution in [0.4, 0.5) is 0 Å². The van der Waals surface area contributed by atoms with Gasteiger partial charge in [-0.3, -0.25) is 9.59 Å². The van der Waals surface area contributed by atoms with Gasteiger partial charge in [0, 0.05) is 24.8 Å². The van der Waals surface area contributed by atoms with Crippen molar-refractivity contribution in [1.82, 2.24) is 10.2 Å². The van der Waals surface area contributed by atoms with Crippen LogP contribution < -0.4 is 10.1 Å². The molecular formula is C21H25N3O3. The highest BCUT2D eigenvalue weighted by molar-refractivity contribution is 5.86. The van der Waals surface area contributed by atoms with E-state index in [4.69, 9.17) is 10.00 Å². The van der Waals surface area contributed by atoms with E-state index in [9.17, 15) is 9.59 Å². The normalized spacial score (nSPS) is 31.4. The van der Waals surface area contributed by atoms with Gasteiger partial charge in [-0.15, -0.1) is 0 Å². The molecule has 1 N–H and O–H groups in total. The van der Waals surface area contributed by atoms with Gasteiger partial charge in [0.1, 0.15) is 12.3 Å². The van der Waals surface area contributed by atoms with E-state index >= 15 is 0 Å². The molecule has 1 spiro atoms. The van der Waals surface area contributed by atoms with Crippen LogP contribution in [0.3, 0.4) is 0 Å². The molecular weight excluding hydrogens is 342 g/mol. The van der Waals surface area contributed by atoms with Crippen LogP contribution in [-0.2, 0) is 21.5 Å². The number of hydrogen-bond acceptors (Lipinski definition) is 4. The molecule has 3 aliphatic rings. The minimum atomic E-state index is -0.413. The Balaban J connectivity index is 1.82. The third-order valence-corrected chi connectivity index (χ3v) is 6.72. The summed E-state index contributed by atoms with van der Waals surface area (Å²) in [6, 6.07) is 8.12. The van der Waals surface area contributed by atoms with Gasteiger partial charge in [-0.1, -0.05) is 13.0 Å². The summed E-state index contributed by atoms with van der Waals surface area (Å²) in [7, 11) is 1.66. The average molecular weight is 367 g/mol. The Hall–Kier alpha value is -2.55. The van der Waals surface area contributed by atoms with Crippen molar-refractivity contribution in [2.24, 2.45) is 17.8 Å². The highest BCUT2D eigenvalue weighted by Gasteiger charge is 2.64. The number of aryl methyl sites for hydroxylation is 1.